The number of rotatable bonds is 11. The molecule has 1 heterocycles. The molecule has 3 amide bonds. The fraction of sp³-hybridized carbons (Fsp3) is 0.818. The molecule has 0 aromatic rings. The summed E-state index contributed by atoms with van der Waals surface area (Å²) in [4.78, 5) is 51.8. The number of hydrogen-bond acceptors (Lipinski definition) is 5. The summed E-state index contributed by atoms with van der Waals surface area (Å²) in [6.45, 7) is 11.5. The van der Waals surface area contributed by atoms with Gasteiger partial charge in [-0.1, -0.05) is 54.4 Å². The highest BCUT2D eigenvalue weighted by molar-refractivity contribution is 5.94. The summed E-state index contributed by atoms with van der Waals surface area (Å²) in [6, 6.07) is -3.31. The van der Waals surface area contributed by atoms with Crippen LogP contribution in [-0.2, 0) is 19.2 Å². The van der Waals surface area contributed by atoms with Gasteiger partial charge in [-0.25, -0.2) is 4.79 Å². The maximum Gasteiger partial charge on any atom is 0.326 e. The van der Waals surface area contributed by atoms with Gasteiger partial charge in [-0.3, -0.25) is 14.4 Å². The quantitative estimate of drug-likeness (QED) is 0.379. The summed E-state index contributed by atoms with van der Waals surface area (Å²) in [5.41, 5.74) is 5.94. The highest BCUT2D eigenvalue weighted by Gasteiger charge is 2.40. The third-order valence-corrected chi connectivity index (χ3v) is 6.41. The molecule has 6 unspecified atom stereocenters. The number of nitrogens with two attached hydrogens (primary N) is 1. The van der Waals surface area contributed by atoms with E-state index in [2.05, 4.69) is 10.6 Å². The fourth-order valence-electron chi connectivity index (χ4n) is 3.65. The normalized spacial score (nSPS) is 21.2. The van der Waals surface area contributed by atoms with Gasteiger partial charge in [0.25, 0.3) is 0 Å². The van der Waals surface area contributed by atoms with Gasteiger partial charge in [-0.05, 0) is 30.6 Å². The Morgan fingerprint density at radius 3 is 1.97 bits per heavy atom. The number of nitrogens with zero attached hydrogens (tertiary/aromatic N) is 1. The molecule has 0 aromatic carbocycles. The summed E-state index contributed by atoms with van der Waals surface area (Å²) < 4.78 is 0. The molecule has 9 nitrogen and oxygen atoms in total. The Hall–Kier alpha value is -2.16. The molecule has 0 radical (unpaired) electrons. The van der Waals surface area contributed by atoms with Crippen molar-refractivity contribution in [3.8, 4) is 0 Å². The van der Waals surface area contributed by atoms with Crippen LogP contribution in [-0.4, -0.2) is 64.4 Å². The number of aliphatic carboxylic acids is 1. The first-order valence-electron chi connectivity index (χ1n) is 11.4. The summed E-state index contributed by atoms with van der Waals surface area (Å²) in [5.74, 6) is -2.74. The molecule has 31 heavy (non-hydrogen) atoms. The van der Waals surface area contributed by atoms with Gasteiger partial charge in [0.05, 0.1) is 6.04 Å². The monoisotopic (exact) mass is 440 g/mol. The predicted octanol–water partition coefficient (Wildman–Crippen LogP) is 1.11. The van der Waals surface area contributed by atoms with E-state index in [4.69, 9.17) is 5.73 Å². The number of carboxylic acid groups (broad SMARTS) is 1. The van der Waals surface area contributed by atoms with Crippen molar-refractivity contribution in [1.82, 2.24) is 15.5 Å². The molecule has 9 heteroatoms. The van der Waals surface area contributed by atoms with Crippen LogP contribution in [0.15, 0.2) is 0 Å². The van der Waals surface area contributed by atoms with Crippen LogP contribution in [0.2, 0.25) is 0 Å². The van der Waals surface area contributed by atoms with Gasteiger partial charge in [0.15, 0.2) is 0 Å². The molecule has 0 spiro atoms. The molecule has 1 aliphatic rings. The van der Waals surface area contributed by atoms with Crippen LogP contribution >= 0.6 is 0 Å². The number of likely N-dealkylation sites (tertiary alicyclic amines) is 1. The lowest BCUT2D eigenvalue weighted by molar-refractivity contribution is -0.150. The maximum absolute atomic E-state index is 13.2. The van der Waals surface area contributed by atoms with Crippen molar-refractivity contribution < 1.29 is 24.3 Å². The van der Waals surface area contributed by atoms with Gasteiger partial charge >= 0.3 is 5.97 Å². The third-order valence-electron chi connectivity index (χ3n) is 6.41. The van der Waals surface area contributed by atoms with Crippen molar-refractivity contribution in [2.75, 3.05) is 6.54 Å². The molecule has 0 aromatic heterocycles. The van der Waals surface area contributed by atoms with Crippen LogP contribution in [0.1, 0.15) is 67.2 Å². The van der Waals surface area contributed by atoms with Crippen molar-refractivity contribution in [2.24, 2.45) is 23.5 Å². The average Bonchev–Trinajstić information content (AvgIpc) is 3.23. The molecule has 1 fully saturated rings. The zero-order valence-corrected chi connectivity index (χ0v) is 19.7. The number of carbonyl (C=O) groups is 4. The van der Waals surface area contributed by atoms with Crippen molar-refractivity contribution >= 4 is 23.7 Å². The fourth-order valence-corrected chi connectivity index (χ4v) is 3.65. The maximum atomic E-state index is 13.2. The van der Waals surface area contributed by atoms with Crippen LogP contribution in [0, 0.1) is 17.8 Å². The minimum Gasteiger partial charge on any atom is -0.480 e. The lowest BCUT2D eigenvalue weighted by Gasteiger charge is -2.32. The minimum absolute atomic E-state index is 0.0850. The Balaban J connectivity index is 3.07. The van der Waals surface area contributed by atoms with E-state index in [0.717, 1.165) is 0 Å². The Bertz CT molecular complexity index is 654. The second kappa shape index (κ2) is 12.0. The average molecular weight is 441 g/mol. The van der Waals surface area contributed by atoms with Crippen LogP contribution in [0.4, 0.5) is 0 Å². The van der Waals surface area contributed by atoms with E-state index in [0.29, 0.717) is 32.2 Å². The van der Waals surface area contributed by atoms with Crippen LogP contribution in [0.25, 0.3) is 0 Å². The summed E-state index contributed by atoms with van der Waals surface area (Å²) in [5, 5.41) is 15.0. The number of carbonyl (C=O) groups excluding carboxylic acids is 3. The van der Waals surface area contributed by atoms with Crippen LogP contribution < -0.4 is 16.4 Å². The van der Waals surface area contributed by atoms with E-state index < -0.39 is 42.0 Å². The van der Waals surface area contributed by atoms with E-state index in [-0.39, 0.29) is 23.7 Å². The first-order chi connectivity index (χ1) is 14.5. The van der Waals surface area contributed by atoms with Gasteiger partial charge in [0.1, 0.15) is 18.1 Å². The lowest BCUT2D eigenvalue weighted by Crippen LogP contribution is -2.60. The van der Waals surface area contributed by atoms with Crippen LogP contribution in [0.3, 0.4) is 0 Å². The van der Waals surface area contributed by atoms with Gasteiger partial charge in [-0.15, -0.1) is 0 Å². The Morgan fingerprint density at radius 1 is 0.968 bits per heavy atom. The molecule has 1 saturated heterocycles. The summed E-state index contributed by atoms with van der Waals surface area (Å²) >= 11 is 0. The van der Waals surface area contributed by atoms with Gasteiger partial charge in [0, 0.05) is 6.54 Å². The second-order valence-electron chi connectivity index (χ2n) is 9.04. The molecular weight excluding hydrogens is 400 g/mol. The molecule has 0 aliphatic carbocycles. The standard InChI is InChI=1S/C22H40N4O5/c1-7-13(5)17(24-19(27)16(23)12(3)4)20(28)25-18(14(6)8-2)21(29)26-11-9-10-15(26)22(30)31/h12-18H,7-11,23H2,1-6H3,(H,24,27)(H,25,28)(H,30,31). The Kier molecular flexibility index (Phi) is 10.4. The van der Waals surface area contributed by atoms with Crippen molar-refractivity contribution in [3.05, 3.63) is 0 Å². The lowest BCUT2D eigenvalue weighted by atomic mass is 9.94. The first-order valence-corrected chi connectivity index (χ1v) is 11.4. The van der Waals surface area contributed by atoms with Gasteiger partial charge in [-0.2, -0.15) is 0 Å². The van der Waals surface area contributed by atoms with Crippen molar-refractivity contribution in [3.63, 3.8) is 0 Å². The molecule has 178 valence electrons. The number of nitrogens with one attached hydrogen (secondary N) is 2. The minimum atomic E-state index is -1.03. The first kappa shape index (κ1) is 26.9. The van der Waals surface area contributed by atoms with Crippen molar-refractivity contribution in [1.29, 1.82) is 0 Å². The van der Waals surface area contributed by atoms with Crippen molar-refractivity contribution in [2.45, 2.75) is 91.4 Å². The van der Waals surface area contributed by atoms with Gasteiger partial charge in [0.2, 0.25) is 17.7 Å². The largest absolute Gasteiger partial charge is 0.480 e. The molecule has 1 aliphatic heterocycles. The highest BCUT2D eigenvalue weighted by Crippen LogP contribution is 2.22. The summed E-state index contributed by atoms with van der Waals surface area (Å²) in [7, 11) is 0. The Labute approximate surface area is 185 Å². The predicted molar refractivity (Wildman–Crippen MR) is 118 cm³/mol. The number of carboxylic acids is 1. The van der Waals surface area contributed by atoms with Crippen LogP contribution in [0.5, 0.6) is 0 Å². The molecule has 6 atom stereocenters. The van der Waals surface area contributed by atoms with E-state index in [1.54, 1.807) is 0 Å². The smallest absolute Gasteiger partial charge is 0.326 e. The van der Waals surface area contributed by atoms with E-state index in [1.165, 1.54) is 4.90 Å². The SMILES string of the molecule is CCC(C)C(NC(=O)C(N)C(C)C)C(=O)NC(C(=O)N1CCCC1C(=O)O)C(C)CC. The zero-order chi connectivity index (χ0) is 23.9. The molecule has 5 N–H and O–H groups in total. The number of hydrogen-bond donors (Lipinski definition) is 4. The van der Waals surface area contributed by atoms with E-state index in [1.807, 2.05) is 41.5 Å². The van der Waals surface area contributed by atoms with Gasteiger partial charge < -0.3 is 26.4 Å². The molecule has 0 saturated carbocycles. The Morgan fingerprint density at radius 2 is 1.48 bits per heavy atom. The molecule has 1 rings (SSSR count). The van der Waals surface area contributed by atoms with E-state index >= 15 is 0 Å². The topological polar surface area (TPSA) is 142 Å². The summed E-state index contributed by atoms with van der Waals surface area (Å²) in [6.07, 6.45) is 2.29. The second-order valence-corrected chi connectivity index (χ2v) is 9.04. The highest BCUT2D eigenvalue weighted by atomic mass is 16.4. The number of amides is 3. The molecular formula is C22H40N4O5. The van der Waals surface area contributed by atoms with E-state index in [9.17, 15) is 24.3 Å². The molecule has 0 bridgehead atoms. The third kappa shape index (κ3) is 6.92. The zero-order valence-electron chi connectivity index (χ0n) is 19.7.